The van der Waals surface area contributed by atoms with Crippen LogP contribution in [0.25, 0.3) is 0 Å². The van der Waals surface area contributed by atoms with Gasteiger partial charge in [-0.05, 0) is 40.2 Å². The van der Waals surface area contributed by atoms with Crippen LogP contribution in [0.15, 0.2) is 34.2 Å². The topological polar surface area (TPSA) is 24.9 Å². The van der Waals surface area contributed by atoms with Crippen LogP contribution < -0.4 is 5.32 Å². The van der Waals surface area contributed by atoms with Crippen molar-refractivity contribution in [3.63, 3.8) is 0 Å². The Hall–Kier alpha value is -1.08. The van der Waals surface area contributed by atoms with Gasteiger partial charge in [0.1, 0.15) is 5.69 Å². The average Bonchev–Trinajstić information content (AvgIpc) is 2.72. The third-order valence-electron chi connectivity index (χ3n) is 2.15. The van der Waals surface area contributed by atoms with Crippen LogP contribution in [0.4, 0.5) is 18.9 Å². The summed E-state index contributed by atoms with van der Waals surface area (Å²) in [5.74, 6) is 0. The van der Waals surface area contributed by atoms with E-state index in [4.69, 9.17) is 0 Å². The molecule has 0 atom stereocenters. The Morgan fingerprint density at radius 1 is 1.22 bits per heavy atom. The number of rotatable bonds is 3. The van der Waals surface area contributed by atoms with Crippen molar-refractivity contribution in [1.82, 2.24) is 4.98 Å². The summed E-state index contributed by atoms with van der Waals surface area (Å²) in [5.41, 5.74) is -0.320. The highest BCUT2D eigenvalue weighted by Gasteiger charge is 2.31. The molecule has 2 rings (SSSR count). The maximum atomic E-state index is 12.3. The van der Waals surface area contributed by atoms with E-state index in [1.807, 2.05) is 12.1 Å². The molecule has 0 saturated heterocycles. The number of halogens is 4. The van der Waals surface area contributed by atoms with Crippen molar-refractivity contribution in [2.24, 2.45) is 0 Å². The Balaban J connectivity index is 1.98. The molecule has 0 aliphatic heterocycles. The van der Waals surface area contributed by atoms with Crippen molar-refractivity contribution in [1.29, 1.82) is 0 Å². The summed E-state index contributed by atoms with van der Waals surface area (Å²) in [6.07, 6.45) is -3.21. The summed E-state index contributed by atoms with van der Waals surface area (Å²) in [6, 6.07) is 6.21. The first-order valence-corrected chi connectivity index (χ1v) is 6.57. The highest BCUT2D eigenvalue weighted by atomic mass is 79.9. The van der Waals surface area contributed by atoms with Gasteiger partial charge in [0.05, 0.1) is 15.7 Å². The fraction of sp³-hybridized carbons (Fsp3) is 0.182. The molecular weight excluding hydrogens is 329 g/mol. The van der Waals surface area contributed by atoms with Crippen molar-refractivity contribution in [2.45, 2.75) is 12.7 Å². The quantitative estimate of drug-likeness (QED) is 0.890. The van der Waals surface area contributed by atoms with E-state index in [2.05, 4.69) is 26.2 Å². The van der Waals surface area contributed by atoms with Crippen molar-refractivity contribution in [3.05, 3.63) is 44.8 Å². The molecule has 7 heteroatoms. The van der Waals surface area contributed by atoms with Crippen LogP contribution in [0.1, 0.15) is 10.6 Å². The fourth-order valence-corrected chi connectivity index (χ4v) is 2.72. The summed E-state index contributed by atoms with van der Waals surface area (Å²) in [7, 11) is 0. The van der Waals surface area contributed by atoms with Gasteiger partial charge in [-0.15, -0.1) is 11.3 Å². The number of thiophene rings is 1. The smallest absolute Gasteiger partial charge is 0.379 e. The highest BCUT2D eigenvalue weighted by Crippen LogP contribution is 2.28. The van der Waals surface area contributed by atoms with Crippen LogP contribution >= 0.6 is 27.3 Å². The zero-order valence-corrected chi connectivity index (χ0v) is 11.4. The maximum absolute atomic E-state index is 12.3. The summed E-state index contributed by atoms with van der Waals surface area (Å²) >= 11 is 4.91. The number of nitrogens with zero attached hydrogens (tertiary/aromatic N) is 1. The van der Waals surface area contributed by atoms with Crippen molar-refractivity contribution >= 4 is 33.0 Å². The largest absolute Gasteiger partial charge is 0.433 e. The van der Waals surface area contributed by atoms with Gasteiger partial charge >= 0.3 is 6.18 Å². The van der Waals surface area contributed by atoms with Crippen molar-refractivity contribution < 1.29 is 13.2 Å². The number of alkyl halides is 3. The van der Waals surface area contributed by atoms with E-state index in [1.54, 1.807) is 11.3 Å². The molecule has 0 aliphatic carbocycles. The van der Waals surface area contributed by atoms with E-state index >= 15 is 0 Å². The molecule has 1 N–H and O–H groups in total. The molecule has 0 aromatic carbocycles. The number of hydrogen-bond acceptors (Lipinski definition) is 3. The zero-order valence-electron chi connectivity index (χ0n) is 8.96. The predicted molar refractivity (Wildman–Crippen MR) is 68.6 cm³/mol. The summed E-state index contributed by atoms with van der Waals surface area (Å²) < 4.78 is 37.9. The number of aromatic nitrogens is 1. The van der Waals surface area contributed by atoms with E-state index in [-0.39, 0.29) is 0 Å². The molecule has 2 aromatic rings. The molecule has 18 heavy (non-hydrogen) atoms. The molecule has 2 nitrogen and oxygen atoms in total. The highest BCUT2D eigenvalue weighted by molar-refractivity contribution is 9.11. The number of pyridine rings is 1. The molecule has 0 unspecified atom stereocenters. The van der Waals surface area contributed by atoms with Gasteiger partial charge in [0.15, 0.2) is 0 Å². The fourth-order valence-electron chi connectivity index (χ4n) is 1.30. The van der Waals surface area contributed by atoms with E-state index in [9.17, 15) is 13.2 Å². The molecule has 0 bridgehead atoms. The van der Waals surface area contributed by atoms with Gasteiger partial charge in [-0.2, -0.15) is 13.2 Å². The molecule has 2 aromatic heterocycles. The minimum atomic E-state index is -4.39. The van der Waals surface area contributed by atoms with Crippen LogP contribution in [0.2, 0.25) is 0 Å². The van der Waals surface area contributed by atoms with Gasteiger partial charge in [-0.25, -0.2) is 4.98 Å². The third-order valence-corrected chi connectivity index (χ3v) is 3.77. The Morgan fingerprint density at radius 2 is 2.00 bits per heavy atom. The van der Waals surface area contributed by atoms with E-state index in [0.29, 0.717) is 12.2 Å². The Kier molecular flexibility index (Phi) is 3.91. The lowest BCUT2D eigenvalue weighted by Crippen LogP contribution is -2.08. The van der Waals surface area contributed by atoms with E-state index in [0.717, 1.165) is 14.7 Å². The minimum absolute atomic E-state index is 0.559. The van der Waals surface area contributed by atoms with Crippen LogP contribution in [-0.4, -0.2) is 4.98 Å². The second-order valence-electron chi connectivity index (χ2n) is 3.49. The molecule has 96 valence electrons. The first kappa shape index (κ1) is 13.4. The first-order valence-electron chi connectivity index (χ1n) is 4.96. The molecule has 2 heterocycles. The average molecular weight is 337 g/mol. The lowest BCUT2D eigenvalue weighted by molar-refractivity contribution is -0.141. The maximum Gasteiger partial charge on any atom is 0.433 e. The standard InChI is InChI=1S/C11H8BrF3N2S/c12-10-4-2-8(18-10)6-16-7-1-3-9(17-5-7)11(13,14)15/h1-5,16H,6H2. The Morgan fingerprint density at radius 3 is 2.50 bits per heavy atom. The molecule has 0 aliphatic rings. The van der Waals surface area contributed by atoms with Gasteiger partial charge in [0.2, 0.25) is 0 Å². The second-order valence-corrected chi connectivity index (χ2v) is 6.04. The van der Waals surface area contributed by atoms with Gasteiger partial charge in [-0.3, -0.25) is 0 Å². The van der Waals surface area contributed by atoms with E-state index in [1.165, 1.54) is 12.3 Å². The molecule has 0 spiro atoms. The Labute approximate surface area is 114 Å². The lowest BCUT2D eigenvalue weighted by atomic mass is 10.3. The summed E-state index contributed by atoms with van der Waals surface area (Å²) in [6.45, 7) is 0.559. The molecular formula is C11H8BrF3N2S. The number of anilines is 1. The van der Waals surface area contributed by atoms with Crippen molar-refractivity contribution in [3.8, 4) is 0 Å². The third kappa shape index (κ3) is 3.46. The van der Waals surface area contributed by atoms with Crippen LogP contribution in [0.3, 0.4) is 0 Å². The Bertz CT molecular complexity index is 522. The van der Waals surface area contributed by atoms with Crippen LogP contribution in [-0.2, 0) is 12.7 Å². The van der Waals surface area contributed by atoms with Gasteiger partial charge in [-0.1, -0.05) is 0 Å². The van der Waals surface area contributed by atoms with Gasteiger partial charge < -0.3 is 5.32 Å². The molecule has 0 radical (unpaired) electrons. The van der Waals surface area contributed by atoms with Gasteiger partial charge in [0.25, 0.3) is 0 Å². The zero-order chi connectivity index (χ0) is 13.2. The molecule has 0 amide bonds. The number of nitrogens with one attached hydrogen (secondary N) is 1. The first-order chi connectivity index (χ1) is 8.45. The number of hydrogen-bond donors (Lipinski definition) is 1. The van der Waals surface area contributed by atoms with Crippen LogP contribution in [0.5, 0.6) is 0 Å². The monoisotopic (exact) mass is 336 g/mol. The molecule has 0 saturated carbocycles. The van der Waals surface area contributed by atoms with Crippen molar-refractivity contribution in [2.75, 3.05) is 5.32 Å². The SMILES string of the molecule is FC(F)(F)c1ccc(NCc2ccc(Br)s2)cn1. The van der Waals surface area contributed by atoms with Gasteiger partial charge in [0, 0.05) is 11.4 Å². The van der Waals surface area contributed by atoms with Crippen LogP contribution in [0, 0.1) is 0 Å². The predicted octanol–water partition coefficient (Wildman–Crippen LogP) is 4.54. The van der Waals surface area contributed by atoms with E-state index < -0.39 is 11.9 Å². The molecule has 0 fully saturated rings. The summed E-state index contributed by atoms with van der Waals surface area (Å²) in [4.78, 5) is 4.46. The summed E-state index contributed by atoms with van der Waals surface area (Å²) in [5, 5.41) is 3.01. The lowest BCUT2D eigenvalue weighted by Gasteiger charge is -2.07. The normalized spacial score (nSPS) is 11.6. The minimum Gasteiger partial charge on any atom is -0.379 e. The second kappa shape index (κ2) is 5.27.